The number of aliphatic hydroxyl groups excluding tert-OH is 1. The summed E-state index contributed by atoms with van der Waals surface area (Å²) >= 11 is 0. The van der Waals surface area contributed by atoms with Gasteiger partial charge in [-0.15, -0.1) is 0 Å². The second-order valence-electron chi connectivity index (χ2n) is 2.30. The van der Waals surface area contributed by atoms with Crippen molar-refractivity contribution in [1.82, 2.24) is 0 Å². The zero-order valence-corrected chi connectivity index (χ0v) is 7.17. The third-order valence-electron chi connectivity index (χ3n) is 1.15. The maximum absolute atomic E-state index is 8.58. The quantitative estimate of drug-likeness (QED) is 0.368. The van der Waals surface area contributed by atoms with E-state index in [1.807, 2.05) is 0 Å². The van der Waals surface area contributed by atoms with Gasteiger partial charge in [0, 0.05) is 0 Å². The van der Waals surface area contributed by atoms with E-state index in [2.05, 4.69) is 13.5 Å². The smallest absolute Gasteiger partial charge is 0.271 e. The second kappa shape index (κ2) is 6.04. The van der Waals surface area contributed by atoms with Crippen molar-refractivity contribution >= 4 is 0 Å². The Morgan fingerprint density at radius 1 is 1.64 bits per heavy atom. The fourth-order valence-corrected chi connectivity index (χ4v) is 0.619. The average Bonchev–Trinajstić information content (AvgIpc) is 1.86. The fourth-order valence-electron chi connectivity index (χ4n) is 0.619. The highest BCUT2D eigenvalue weighted by Gasteiger charge is 2.01. The lowest BCUT2D eigenvalue weighted by Crippen LogP contribution is -2.12. The van der Waals surface area contributed by atoms with Crippen LogP contribution in [0.1, 0.15) is 26.7 Å². The van der Waals surface area contributed by atoms with Crippen LogP contribution in [0.3, 0.4) is 0 Å². The Labute approximate surface area is 67.6 Å². The van der Waals surface area contributed by atoms with Crippen molar-refractivity contribution in [3.05, 3.63) is 12.5 Å². The van der Waals surface area contributed by atoms with E-state index in [1.165, 1.54) is 0 Å². The van der Waals surface area contributed by atoms with E-state index in [-0.39, 0.29) is 5.95 Å². The monoisotopic (exact) mass is 160 g/mol. The first kappa shape index (κ1) is 10.3. The Balaban J connectivity index is 3.22. The maximum atomic E-state index is 8.58. The first-order valence-corrected chi connectivity index (χ1v) is 3.83. The summed E-state index contributed by atoms with van der Waals surface area (Å²) in [5.74, 6) is -0.297. The predicted octanol–water partition coefficient (Wildman–Crippen LogP) is 2.19. The van der Waals surface area contributed by atoms with Crippen LogP contribution in [0, 0.1) is 0 Å². The summed E-state index contributed by atoms with van der Waals surface area (Å²) < 4.78 is 9.89. The van der Waals surface area contributed by atoms with Crippen LogP contribution in [-0.4, -0.2) is 18.0 Å². The number of unbranched alkanes of at least 4 members (excludes halogenated alkanes) is 1. The molecule has 0 heterocycles. The summed E-state index contributed by atoms with van der Waals surface area (Å²) in [7, 11) is 0. The molecule has 0 aliphatic heterocycles. The van der Waals surface area contributed by atoms with Crippen LogP contribution < -0.4 is 0 Å². The van der Waals surface area contributed by atoms with Crippen molar-refractivity contribution in [2.75, 3.05) is 6.61 Å². The topological polar surface area (TPSA) is 38.7 Å². The largest absolute Gasteiger partial charge is 0.481 e. The van der Waals surface area contributed by atoms with Gasteiger partial charge in [-0.3, -0.25) is 0 Å². The lowest BCUT2D eigenvalue weighted by molar-refractivity contribution is -0.129. The number of hydrogen-bond acceptors (Lipinski definition) is 3. The molecule has 0 aromatic carbocycles. The van der Waals surface area contributed by atoms with E-state index in [9.17, 15) is 0 Å². The predicted molar refractivity (Wildman–Crippen MR) is 43.2 cm³/mol. The first-order chi connectivity index (χ1) is 5.16. The Hall–Kier alpha value is -0.700. The summed E-state index contributed by atoms with van der Waals surface area (Å²) in [6, 6.07) is 0. The van der Waals surface area contributed by atoms with Crippen molar-refractivity contribution in [1.29, 1.82) is 0 Å². The molecule has 0 aliphatic rings. The molecule has 0 amide bonds. The van der Waals surface area contributed by atoms with Crippen molar-refractivity contribution < 1.29 is 14.6 Å². The second-order valence-corrected chi connectivity index (χ2v) is 2.30. The minimum atomic E-state index is -0.404. The molecule has 11 heavy (non-hydrogen) atoms. The Bertz CT molecular complexity index is 112. The molecule has 0 rings (SSSR count). The molecule has 0 aliphatic carbocycles. The van der Waals surface area contributed by atoms with Crippen LogP contribution in [0.2, 0.25) is 0 Å². The molecule has 1 N–H and O–H groups in total. The summed E-state index contributed by atoms with van der Waals surface area (Å²) in [4.78, 5) is 0. The molecule has 0 aromatic heterocycles. The van der Waals surface area contributed by atoms with Gasteiger partial charge >= 0.3 is 0 Å². The summed E-state index contributed by atoms with van der Waals surface area (Å²) in [5, 5.41) is 8.58. The van der Waals surface area contributed by atoms with Gasteiger partial charge in [0.1, 0.15) is 0 Å². The van der Waals surface area contributed by atoms with E-state index < -0.39 is 6.29 Å². The molecule has 1 atom stereocenters. The van der Waals surface area contributed by atoms with Gasteiger partial charge in [0.2, 0.25) is 0 Å². The molecule has 0 saturated carbocycles. The van der Waals surface area contributed by atoms with E-state index in [0.29, 0.717) is 6.61 Å². The Morgan fingerprint density at radius 3 is 2.73 bits per heavy atom. The van der Waals surface area contributed by atoms with Gasteiger partial charge in [-0.25, -0.2) is 0 Å². The van der Waals surface area contributed by atoms with Crippen molar-refractivity contribution in [3.8, 4) is 0 Å². The van der Waals surface area contributed by atoms with Gasteiger partial charge in [0.25, 0.3) is 5.95 Å². The van der Waals surface area contributed by atoms with E-state index in [4.69, 9.17) is 14.6 Å². The highest BCUT2D eigenvalue weighted by atomic mass is 16.7. The minimum Gasteiger partial charge on any atom is -0.481 e. The van der Waals surface area contributed by atoms with Crippen LogP contribution in [0.5, 0.6) is 0 Å². The van der Waals surface area contributed by atoms with Crippen LogP contribution >= 0.6 is 0 Å². The van der Waals surface area contributed by atoms with Gasteiger partial charge in [-0.05, 0) is 19.9 Å². The SMILES string of the molecule is C=C(O)OC(C)OCCCC. The third kappa shape index (κ3) is 7.19. The molecule has 0 saturated heterocycles. The van der Waals surface area contributed by atoms with Crippen LogP contribution in [0.15, 0.2) is 12.5 Å². The zero-order valence-electron chi connectivity index (χ0n) is 7.17. The summed E-state index contributed by atoms with van der Waals surface area (Å²) in [6.07, 6.45) is 1.69. The lowest BCUT2D eigenvalue weighted by atomic mass is 10.4. The van der Waals surface area contributed by atoms with Gasteiger partial charge in [0.05, 0.1) is 6.61 Å². The molecule has 3 heteroatoms. The average molecular weight is 160 g/mol. The number of rotatable bonds is 6. The Kier molecular flexibility index (Phi) is 5.65. The molecule has 0 spiro atoms. The fraction of sp³-hybridized carbons (Fsp3) is 0.750. The zero-order chi connectivity index (χ0) is 8.69. The van der Waals surface area contributed by atoms with Crippen molar-refractivity contribution in [2.24, 2.45) is 0 Å². The normalized spacial score (nSPS) is 12.5. The molecule has 0 aromatic rings. The standard InChI is InChI=1S/C8H16O3/c1-4-5-6-10-8(3)11-7(2)9/h8-9H,2,4-6H2,1,3H3. The number of aliphatic hydroxyl groups is 1. The van der Waals surface area contributed by atoms with Gasteiger partial charge in [-0.2, -0.15) is 0 Å². The lowest BCUT2D eigenvalue weighted by Gasteiger charge is -2.12. The minimum absolute atomic E-state index is 0.297. The van der Waals surface area contributed by atoms with E-state index in [0.717, 1.165) is 12.8 Å². The van der Waals surface area contributed by atoms with Gasteiger partial charge < -0.3 is 14.6 Å². The highest BCUT2D eigenvalue weighted by molar-refractivity contribution is 4.62. The molecule has 66 valence electrons. The Morgan fingerprint density at radius 2 is 2.27 bits per heavy atom. The van der Waals surface area contributed by atoms with E-state index >= 15 is 0 Å². The van der Waals surface area contributed by atoms with Gasteiger partial charge in [-0.1, -0.05) is 13.3 Å². The summed E-state index contributed by atoms with van der Waals surface area (Å²) in [6.45, 7) is 7.64. The molecule has 3 nitrogen and oxygen atoms in total. The van der Waals surface area contributed by atoms with Crippen LogP contribution in [-0.2, 0) is 9.47 Å². The molecule has 0 fully saturated rings. The van der Waals surface area contributed by atoms with Crippen molar-refractivity contribution in [2.45, 2.75) is 33.0 Å². The van der Waals surface area contributed by atoms with Crippen LogP contribution in [0.25, 0.3) is 0 Å². The molecule has 0 bridgehead atoms. The van der Waals surface area contributed by atoms with Crippen molar-refractivity contribution in [3.63, 3.8) is 0 Å². The first-order valence-electron chi connectivity index (χ1n) is 3.83. The number of hydrogen-bond donors (Lipinski definition) is 1. The van der Waals surface area contributed by atoms with Crippen LogP contribution in [0.4, 0.5) is 0 Å². The molecular weight excluding hydrogens is 144 g/mol. The molecule has 0 radical (unpaired) electrons. The molecule has 1 unspecified atom stereocenters. The summed E-state index contributed by atoms with van der Waals surface area (Å²) in [5.41, 5.74) is 0. The van der Waals surface area contributed by atoms with Gasteiger partial charge in [0.15, 0.2) is 6.29 Å². The number of ether oxygens (including phenoxy) is 2. The van der Waals surface area contributed by atoms with E-state index in [1.54, 1.807) is 6.92 Å². The third-order valence-corrected chi connectivity index (χ3v) is 1.15. The molecular formula is C8H16O3. The maximum Gasteiger partial charge on any atom is 0.271 e. The highest BCUT2D eigenvalue weighted by Crippen LogP contribution is 1.99.